The highest BCUT2D eigenvalue weighted by atomic mass is 32.1. The van der Waals surface area contributed by atoms with Crippen molar-refractivity contribution in [2.45, 2.75) is 12.6 Å². The highest BCUT2D eigenvalue weighted by Gasteiger charge is 2.43. The van der Waals surface area contributed by atoms with Crippen LogP contribution in [-0.2, 0) is 11.3 Å². The van der Waals surface area contributed by atoms with E-state index in [1.165, 1.54) is 16.2 Å². The molecule has 0 fully saturated rings. The molecular weight excluding hydrogens is 388 g/mol. The minimum atomic E-state index is -0.705. The number of amides is 1. The standard InChI is InChI=1S/C22H18N2O4S/c1-28-16-8-6-15(7-9-16)19-18(20(25)17-5-3-11-29-17)21(26)22(27)24(19)13-14-4-2-10-23-12-14/h2-12,19,26H,13H2,1H3/t19-/m0/s1. The lowest BCUT2D eigenvalue weighted by atomic mass is 9.95. The molecule has 1 aliphatic rings. The number of carbonyl (C=O) groups excluding carboxylic acids is 2. The molecule has 1 amide bonds. The summed E-state index contributed by atoms with van der Waals surface area (Å²) in [5.41, 5.74) is 1.61. The fourth-order valence-corrected chi connectivity index (χ4v) is 4.09. The van der Waals surface area contributed by atoms with Crippen LogP contribution < -0.4 is 4.74 Å². The number of rotatable bonds is 6. The molecule has 0 bridgehead atoms. The third-order valence-corrected chi connectivity index (χ3v) is 5.67. The van der Waals surface area contributed by atoms with E-state index < -0.39 is 17.7 Å². The Morgan fingerprint density at radius 2 is 2.00 bits per heavy atom. The fraction of sp³-hybridized carbons (Fsp3) is 0.136. The van der Waals surface area contributed by atoms with E-state index in [4.69, 9.17) is 4.74 Å². The van der Waals surface area contributed by atoms with Gasteiger partial charge in [-0.1, -0.05) is 24.3 Å². The van der Waals surface area contributed by atoms with Gasteiger partial charge in [-0.15, -0.1) is 11.3 Å². The summed E-state index contributed by atoms with van der Waals surface area (Å²) in [6.07, 6.45) is 3.31. The summed E-state index contributed by atoms with van der Waals surface area (Å²) in [6, 6.07) is 13.5. The van der Waals surface area contributed by atoms with Crippen molar-refractivity contribution < 1.29 is 19.4 Å². The van der Waals surface area contributed by atoms with Crippen LogP contribution in [-0.4, -0.2) is 33.8 Å². The van der Waals surface area contributed by atoms with Crippen LogP contribution in [0.5, 0.6) is 5.75 Å². The third kappa shape index (κ3) is 3.52. The van der Waals surface area contributed by atoms with Gasteiger partial charge in [0.05, 0.1) is 23.6 Å². The molecule has 0 aliphatic carbocycles. The summed E-state index contributed by atoms with van der Waals surface area (Å²) in [7, 11) is 1.57. The molecule has 7 heteroatoms. The number of methoxy groups -OCH3 is 1. The Kier molecular flexibility index (Phi) is 5.14. The number of thiophene rings is 1. The van der Waals surface area contributed by atoms with Gasteiger partial charge in [0.1, 0.15) is 5.75 Å². The highest BCUT2D eigenvalue weighted by Crippen LogP contribution is 2.40. The molecule has 0 unspecified atom stereocenters. The summed E-state index contributed by atoms with van der Waals surface area (Å²) in [5, 5.41) is 12.4. The molecule has 1 aliphatic heterocycles. The molecular formula is C22H18N2O4S. The van der Waals surface area contributed by atoms with Gasteiger partial charge in [-0.2, -0.15) is 0 Å². The fourth-order valence-electron chi connectivity index (χ4n) is 3.41. The molecule has 0 saturated heterocycles. The molecule has 1 aromatic carbocycles. The molecule has 29 heavy (non-hydrogen) atoms. The average molecular weight is 406 g/mol. The predicted octanol–water partition coefficient (Wildman–Crippen LogP) is 3.93. The van der Waals surface area contributed by atoms with Gasteiger partial charge in [0, 0.05) is 18.9 Å². The summed E-state index contributed by atoms with van der Waals surface area (Å²) in [4.78, 5) is 32.1. The topological polar surface area (TPSA) is 79.7 Å². The normalized spacial score (nSPS) is 16.4. The van der Waals surface area contributed by atoms with Crippen molar-refractivity contribution in [1.29, 1.82) is 0 Å². The van der Waals surface area contributed by atoms with E-state index in [2.05, 4.69) is 4.98 Å². The van der Waals surface area contributed by atoms with Gasteiger partial charge in [-0.3, -0.25) is 14.6 Å². The van der Waals surface area contributed by atoms with Crippen LogP contribution in [0.25, 0.3) is 0 Å². The van der Waals surface area contributed by atoms with Crippen molar-refractivity contribution in [3.8, 4) is 5.75 Å². The van der Waals surface area contributed by atoms with Gasteiger partial charge < -0.3 is 14.7 Å². The second-order valence-corrected chi connectivity index (χ2v) is 7.49. The Morgan fingerprint density at radius 3 is 2.62 bits per heavy atom. The maximum absolute atomic E-state index is 13.1. The Bertz CT molecular complexity index is 1060. The molecule has 6 nitrogen and oxygen atoms in total. The van der Waals surface area contributed by atoms with Gasteiger partial charge in [0.25, 0.3) is 5.91 Å². The van der Waals surface area contributed by atoms with Gasteiger partial charge in [-0.05, 0) is 40.8 Å². The molecule has 4 rings (SSSR count). The smallest absolute Gasteiger partial charge is 0.290 e. The van der Waals surface area contributed by atoms with E-state index in [0.717, 1.165) is 5.56 Å². The third-order valence-electron chi connectivity index (χ3n) is 4.80. The summed E-state index contributed by atoms with van der Waals surface area (Å²) < 4.78 is 5.21. The van der Waals surface area contributed by atoms with Crippen LogP contribution in [0.4, 0.5) is 0 Å². The molecule has 1 atom stereocenters. The lowest BCUT2D eigenvalue weighted by molar-refractivity contribution is -0.130. The Balaban J connectivity index is 1.79. The zero-order valence-corrected chi connectivity index (χ0v) is 16.4. The van der Waals surface area contributed by atoms with E-state index in [1.54, 1.807) is 67.3 Å². The van der Waals surface area contributed by atoms with Gasteiger partial charge >= 0.3 is 0 Å². The van der Waals surface area contributed by atoms with Crippen molar-refractivity contribution in [1.82, 2.24) is 9.88 Å². The number of benzene rings is 1. The second kappa shape index (κ2) is 7.89. The van der Waals surface area contributed by atoms with E-state index >= 15 is 0 Å². The highest BCUT2D eigenvalue weighted by molar-refractivity contribution is 7.12. The number of pyridine rings is 1. The zero-order valence-electron chi connectivity index (χ0n) is 15.6. The van der Waals surface area contributed by atoms with Crippen LogP contribution in [0, 0.1) is 0 Å². The van der Waals surface area contributed by atoms with Crippen LogP contribution in [0.2, 0.25) is 0 Å². The first-order valence-corrected chi connectivity index (χ1v) is 9.83. The molecule has 1 N–H and O–H groups in total. The SMILES string of the molecule is COc1ccc([C@H]2C(C(=O)c3cccs3)=C(O)C(=O)N2Cc2cccnc2)cc1. The molecule has 146 valence electrons. The number of Topliss-reactive ketones (excluding diaryl/α,β-unsaturated/α-hetero) is 1. The van der Waals surface area contributed by atoms with Gasteiger partial charge in [-0.25, -0.2) is 0 Å². The minimum Gasteiger partial charge on any atom is -0.503 e. The van der Waals surface area contributed by atoms with Crippen LogP contribution in [0.3, 0.4) is 0 Å². The maximum atomic E-state index is 13.1. The number of aliphatic hydroxyl groups excluding tert-OH is 1. The Labute approximate surface area is 171 Å². The van der Waals surface area contributed by atoms with Crippen molar-refractivity contribution in [2.75, 3.05) is 7.11 Å². The Hall–Kier alpha value is -3.45. The molecule has 3 aromatic rings. The molecule has 0 spiro atoms. The lowest BCUT2D eigenvalue weighted by Gasteiger charge is -2.27. The number of ketones is 1. The van der Waals surface area contributed by atoms with Crippen molar-refractivity contribution in [3.63, 3.8) is 0 Å². The van der Waals surface area contributed by atoms with Gasteiger partial charge in [0.15, 0.2) is 5.76 Å². The van der Waals surface area contributed by atoms with Crippen LogP contribution in [0.15, 0.2) is 77.6 Å². The van der Waals surface area contributed by atoms with Crippen LogP contribution >= 0.6 is 11.3 Å². The summed E-state index contributed by atoms with van der Waals surface area (Å²) in [5.74, 6) is -0.765. The first-order valence-electron chi connectivity index (χ1n) is 8.95. The number of nitrogens with zero attached hydrogens (tertiary/aromatic N) is 2. The first kappa shape index (κ1) is 18.9. The number of ether oxygens (including phenoxy) is 1. The molecule has 0 radical (unpaired) electrons. The average Bonchev–Trinajstić information content (AvgIpc) is 3.38. The monoisotopic (exact) mass is 406 g/mol. The van der Waals surface area contributed by atoms with E-state index in [1.807, 2.05) is 6.07 Å². The van der Waals surface area contributed by atoms with Crippen LogP contribution in [0.1, 0.15) is 26.8 Å². The number of aliphatic hydroxyl groups is 1. The maximum Gasteiger partial charge on any atom is 0.290 e. The molecule has 2 aromatic heterocycles. The minimum absolute atomic E-state index is 0.0894. The largest absolute Gasteiger partial charge is 0.503 e. The van der Waals surface area contributed by atoms with Crippen molar-refractivity contribution in [2.24, 2.45) is 0 Å². The van der Waals surface area contributed by atoms with Crippen molar-refractivity contribution in [3.05, 3.63) is 93.6 Å². The first-order chi connectivity index (χ1) is 14.1. The number of hydrogen-bond acceptors (Lipinski definition) is 6. The van der Waals surface area contributed by atoms with E-state index in [-0.39, 0.29) is 17.9 Å². The molecule has 0 saturated carbocycles. The zero-order chi connectivity index (χ0) is 20.4. The second-order valence-electron chi connectivity index (χ2n) is 6.54. The Morgan fingerprint density at radius 1 is 1.21 bits per heavy atom. The summed E-state index contributed by atoms with van der Waals surface area (Å²) >= 11 is 1.28. The van der Waals surface area contributed by atoms with Crippen molar-refractivity contribution >= 4 is 23.0 Å². The van der Waals surface area contributed by atoms with E-state index in [0.29, 0.717) is 16.2 Å². The predicted molar refractivity (Wildman–Crippen MR) is 109 cm³/mol. The number of aromatic nitrogens is 1. The van der Waals surface area contributed by atoms with E-state index in [9.17, 15) is 14.7 Å². The number of carbonyl (C=O) groups is 2. The van der Waals surface area contributed by atoms with Gasteiger partial charge in [0.2, 0.25) is 5.78 Å². The summed E-state index contributed by atoms with van der Waals surface area (Å²) in [6.45, 7) is 0.217. The molecule has 3 heterocycles. The number of hydrogen-bond donors (Lipinski definition) is 1. The quantitative estimate of drug-likeness (QED) is 0.628. The lowest BCUT2D eigenvalue weighted by Crippen LogP contribution is -2.30.